The number of hydrogen-bond donors (Lipinski definition) is 1. The summed E-state index contributed by atoms with van der Waals surface area (Å²) in [6, 6.07) is 0. The van der Waals surface area contributed by atoms with Crippen molar-refractivity contribution in [2.75, 3.05) is 33.4 Å². The highest BCUT2D eigenvalue weighted by Crippen LogP contribution is 2.10. The number of β-amino-alcohol motifs (C(OH)–C–C–N with tert-alkyl or cyclic N) is 1. The third kappa shape index (κ3) is 1.94. The molecule has 3 nitrogen and oxygen atoms in total. The van der Waals surface area contributed by atoms with Crippen LogP contribution in [-0.2, 0) is 4.74 Å². The molecule has 0 unspecified atom stereocenters. The Morgan fingerprint density at radius 3 is 3.00 bits per heavy atom. The Labute approximate surface area is 61.6 Å². The van der Waals surface area contributed by atoms with Crippen molar-refractivity contribution in [3.63, 3.8) is 0 Å². The fourth-order valence-corrected chi connectivity index (χ4v) is 1.33. The minimum atomic E-state index is 0.260. The SMILES string of the molecule is CO[C@H]1CCN(CCO)C1. The third-order valence-electron chi connectivity index (χ3n) is 1.98. The van der Waals surface area contributed by atoms with Crippen LogP contribution >= 0.6 is 0 Å². The molecule has 10 heavy (non-hydrogen) atoms. The molecule has 0 spiro atoms. The normalized spacial score (nSPS) is 27.6. The van der Waals surface area contributed by atoms with Gasteiger partial charge in [0.05, 0.1) is 12.7 Å². The number of hydrogen-bond acceptors (Lipinski definition) is 3. The van der Waals surface area contributed by atoms with Crippen molar-refractivity contribution in [3.05, 3.63) is 0 Å². The van der Waals surface area contributed by atoms with Crippen LogP contribution in [-0.4, -0.2) is 49.5 Å². The molecule has 0 saturated carbocycles. The summed E-state index contributed by atoms with van der Waals surface area (Å²) < 4.78 is 5.16. The molecule has 0 aromatic rings. The second-order valence-corrected chi connectivity index (χ2v) is 2.67. The quantitative estimate of drug-likeness (QED) is 0.592. The Balaban J connectivity index is 2.15. The van der Waals surface area contributed by atoms with Gasteiger partial charge in [0, 0.05) is 26.7 Å². The van der Waals surface area contributed by atoms with Crippen LogP contribution in [0, 0.1) is 0 Å². The highest BCUT2D eigenvalue weighted by molar-refractivity contribution is 4.74. The maximum absolute atomic E-state index is 8.60. The van der Waals surface area contributed by atoms with E-state index in [2.05, 4.69) is 4.90 Å². The van der Waals surface area contributed by atoms with Gasteiger partial charge in [-0.2, -0.15) is 0 Å². The first-order chi connectivity index (χ1) is 4.86. The lowest BCUT2D eigenvalue weighted by Crippen LogP contribution is -2.25. The van der Waals surface area contributed by atoms with Gasteiger partial charge in [-0.25, -0.2) is 0 Å². The van der Waals surface area contributed by atoms with E-state index in [1.807, 2.05) is 0 Å². The maximum atomic E-state index is 8.60. The van der Waals surface area contributed by atoms with Gasteiger partial charge in [-0.3, -0.25) is 4.90 Å². The molecular formula is C7H15NO2. The summed E-state index contributed by atoms with van der Waals surface area (Å²) in [4.78, 5) is 2.22. The number of ether oxygens (including phenoxy) is 1. The third-order valence-corrected chi connectivity index (χ3v) is 1.98. The number of methoxy groups -OCH3 is 1. The van der Waals surface area contributed by atoms with E-state index >= 15 is 0 Å². The first kappa shape index (κ1) is 7.98. The molecule has 0 bridgehead atoms. The van der Waals surface area contributed by atoms with Crippen molar-refractivity contribution in [1.29, 1.82) is 0 Å². The second-order valence-electron chi connectivity index (χ2n) is 2.67. The van der Waals surface area contributed by atoms with E-state index < -0.39 is 0 Å². The fourth-order valence-electron chi connectivity index (χ4n) is 1.33. The molecule has 1 N–H and O–H groups in total. The molecule has 3 heteroatoms. The van der Waals surface area contributed by atoms with Gasteiger partial charge in [0.1, 0.15) is 0 Å². The van der Waals surface area contributed by atoms with Crippen LogP contribution in [0.5, 0.6) is 0 Å². The highest BCUT2D eigenvalue weighted by atomic mass is 16.5. The average molecular weight is 145 g/mol. The molecule has 1 aliphatic heterocycles. The van der Waals surface area contributed by atoms with E-state index in [0.717, 1.165) is 26.1 Å². The Kier molecular flexibility index (Phi) is 3.12. The summed E-state index contributed by atoms with van der Waals surface area (Å²) >= 11 is 0. The first-order valence-corrected chi connectivity index (χ1v) is 3.73. The minimum absolute atomic E-state index is 0.260. The fraction of sp³-hybridized carbons (Fsp3) is 1.00. The molecule has 60 valence electrons. The Morgan fingerprint density at radius 1 is 1.70 bits per heavy atom. The van der Waals surface area contributed by atoms with Gasteiger partial charge >= 0.3 is 0 Å². The summed E-state index contributed by atoms with van der Waals surface area (Å²) in [5.41, 5.74) is 0. The van der Waals surface area contributed by atoms with Crippen LogP contribution in [0.2, 0.25) is 0 Å². The van der Waals surface area contributed by atoms with E-state index in [4.69, 9.17) is 9.84 Å². The highest BCUT2D eigenvalue weighted by Gasteiger charge is 2.20. The van der Waals surface area contributed by atoms with Gasteiger partial charge < -0.3 is 9.84 Å². The number of rotatable bonds is 3. The number of aliphatic hydroxyl groups excluding tert-OH is 1. The minimum Gasteiger partial charge on any atom is -0.395 e. The molecule has 1 atom stereocenters. The molecule has 0 aliphatic carbocycles. The zero-order valence-electron chi connectivity index (χ0n) is 6.42. The van der Waals surface area contributed by atoms with E-state index in [0.29, 0.717) is 6.10 Å². The lowest BCUT2D eigenvalue weighted by atomic mass is 10.3. The van der Waals surface area contributed by atoms with Crippen LogP contribution in [0.4, 0.5) is 0 Å². The van der Waals surface area contributed by atoms with Crippen molar-refractivity contribution >= 4 is 0 Å². The first-order valence-electron chi connectivity index (χ1n) is 3.73. The Bertz CT molecular complexity index is 97.6. The van der Waals surface area contributed by atoms with Crippen LogP contribution in [0.1, 0.15) is 6.42 Å². The van der Waals surface area contributed by atoms with E-state index in [-0.39, 0.29) is 6.61 Å². The molecule has 1 fully saturated rings. The summed E-state index contributed by atoms with van der Waals surface area (Å²) in [7, 11) is 1.74. The van der Waals surface area contributed by atoms with Gasteiger partial charge in [0.2, 0.25) is 0 Å². The molecule has 1 aliphatic rings. The number of nitrogens with zero attached hydrogens (tertiary/aromatic N) is 1. The Hall–Kier alpha value is -0.120. The topological polar surface area (TPSA) is 32.7 Å². The summed E-state index contributed by atoms with van der Waals surface area (Å²) in [5.74, 6) is 0. The lowest BCUT2D eigenvalue weighted by Gasteiger charge is -2.12. The predicted molar refractivity (Wildman–Crippen MR) is 38.9 cm³/mol. The molecule has 1 rings (SSSR count). The zero-order valence-corrected chi connectivity index (χ0v) is 6.42. The molecule has 0 aromatic heterocycles. The lowest BCUT2D eigenvalue weighted by molar-refractivity contribution is 0.105. The predicted octanol–water partition coefficient (Wildman–Crippen LogP) is -0.301. The maximum Gasteiger partial charge on any atom is 0.0710 e. The Morgan fingerprint density at radius 2 is 2.50 bits per heavy atom. The van der Waals surface area contributed by atoms with Crippen LogP contribution in [0.25, 0.3) is 0 Å². The molecule has 1 heterocycles. The summed E-state index contributed by atoms with van der Waals surface area (Å²) in [5, 5.41) is 8.60. The monoisotopic (exact) mass is 145 g/mol. The van der Waals surface area contributed by atoms with Crippen LogP contribution in [0.15, 0.2) is 0 Å². The van der Waals surface area contributed by atoms with Gasteiger partial charge in [-0.05, 0) is 6.42 Å². The number of likely N-dealkylation sites (tertiary alicyclic amines) is 1. The molecular weight excluding hydrogens is 130 g/mol. The second kappa shape index (κ2) is 3.91. The largest absolute Gasteiger partial charge is 0.395 e. The molecule has 0 aromatic carbocycles. The van der Waals surface area contributed by atoms with Gasteiger partial charge in [-0.15, -0.1) is 0 Å². The van der Waals surface area contributed by atoms with Gasteiger partial charge in [-0.1, -0.05) is 0 Å². The molecule has 0 amide bonds. The average Bonchev–Trinajstić information content (AvgIpc) is 2.37. The van der Waals surface area contributed by atoms with Crippen molar-refractivity contribution in [3.8, 4) is 0 Å². The van der Waals surface area contributed by atoms with Crippen molar-refractivity contribution in [2.45, 2.75) is 12.5 Å². The van der Waals surface area contributed by atoms with E-state index in [1.54, 1.807) is 7.11 Å². The van der Waals surface area contributed by atoms with Crippen LogP contribution < -0.4 is 0 Å². The van der Waals surface area contributed by atoms with Crippen molar-refractivity contribution < 1.29 is 9.84 Å². The van der Waals surface area contributed by atoms with Gasteiger partial charge in [0.25, 0.3) is 0 Å². The van der Waals surface area contributed by atoms with Crippen molar-refractivity contribution in [2.24, 2.45) is 0 Å². The van der Waals surface area contributed by atoms with Gasteiger partial charge in [0.15, 0.2) is 0 Å². The zero-order chi connectivity index (χ0) is 7.40. The standard InChI is InChI=1S/C7H15NO2/c1-10-7-2-3-8(6-7)4-5-9/h7,9H,2-6H2,1H3/t7-/m0/s1. The van der Waals surface area contributed by atoms with Crippen LogP contribution in [0.3, 0.4) is 0 Å². The summed E-state index contributed by atoms with van der Waals surface area (Å²) in [6.07, 6.45) is 1.50. The molecule has 0 radical (unpaired) electrons. The summed E-state index contributed by atoms with van der Waals surface area (Å²) in [6.45, 7) is 3.10. The smallest absolute Gasteiger partial charge is 0.0710 e. The van der Waals surface area contributed by atoms with Crippen molar-refractivity contribution in [1.82, 2.24) is 4.90 Å². The van der Waals surface area contributed by atoms with E-state index in [9.17, 15) is 0 Å². The molecule has 1 saturated heterocycles. The van der Waals surface area contributed by atoms with E-state index in [1.165, 1.54) is 0 Å². The number of aliphatic hydroxyl groups is 1.